The minimum atomic E-state index is -1.27. The van der Waals surface area contributed by atoms with E-state index < -0.39 is 60.2 Å². The molecule has 4 rings (SSSR count). The minimum Gasteiger partial charge on any atom is -0.463 e. The molecule has 0 unspecified atom stereocenters. The van der Waals surface area contributed by atoms with Crippen molar-refractivity contribution < 1.29 is 52.7 Å². The van der Waals surface area contributed by atoms with Crippen molar-refractivity contribution >= 4 is 23.9 Å². The molecule has 11 heteroatoms. The number of hydrogen-bond donors (Lipinski definition) is 1. The van der Waals surface area contributed by atoms with Crippen LogP contribution in [0.25, 0.3) is 0 Å². The summed E-state index contributed by atoms with van der Waals surface area (Å²) in [4.78, 5) is 48.3. The highest BCUT2D eigenvalue weighted by atomic mass is 16.7. The summed E-state index contributed by atoms with van der Waals surface area (Å²) < 4.78 is 34.6. The van der Waals surface area contributed by atoms with Crippen LogP contribution in [0.15, 0.2) is 35.5 Å². The second-order valence-corrected chi connectivity index (χ2v) is 16.3. The molecule has 1 N–H and O–H groups in total. The molecule has 0 bridgehead atoms. The number of allylic oxidation sites excluding steroid dienone is 4. The van der Waals surface area contributed by atoms with Crippen LogP contribution in [0.1, 0.15) is 126 Å². The zero-order valence-electron chi connectivity index (χ0n) is 32.6. The maximum atomic E-state index is 12.3. The molecule has 10 atom stereocenters. The molecule has 0 aromatic heterocycles. The number of aliphatic hydroxyl groups is 1. The molecule has 1 saturated heterocycles. The van der Waals surface area contributed by atoms with Gasteiger partial charge in [0.15, 0.2) is 24.6 Å². The Kier molecular flexibility index (Phi) is 14.3. The first-order valence-electron chi connectivity index (χ1n) is 19.1. The summed E-state index contributed by atoms with van der Waals surface area (Å²) in [6.07, 6.45) is 9.16. The van der Waals surface area contributed by atoms with Gasteiger partial charge in [0.2, 0.25) is 0 Å². The first kappa shape index (κ1) is 41.7. The number of esters is 4. The Hall–Kier alpha value is -3.02. The lowest BCUT2D eigenvalue weighted by Crippen LogP contribution is -2.63. The van der Waals surface area contributed by atoms with Gasteiger partial charge in [-0.1, -0.05) is 56.6 Å². The Labute approximate surface area is 309 Å². The fraction of sp³-hybridized carbons (Fsp3) is 0.756. The quantitative estimate of drug-likeness (QED) is 0.157. The van der Waals surface area contributed by atoms with E-state index in [0.717, 1.165) is 37.7 Å². The normalized spacial score (nSPS) is 34.4. The molecule has 11 nitrogen and oxygen atoms in total. The molecule has 1 heterocycles. The van der Waals surface area contributed by atoms with Crippen LogP contribution in [0.4, 0.5) is 0 Å². The molecular formula is C41H62O11. The van der Waals surface area contributed by atoms with Gasteiger partial charge in [-0.15, -0.1) is 0 Å². The van der Waals surface area contributed by atoms with E-state index in [1.807, 2.05) is 13.8 Å². The number of ether oxygens (including phenoxy) is 6. The van der Waals surface area contributed by atoms with Crippen molar-refractivity contribution in [2.45, 2.75) is 168 Å². The molecule has 0 aromatic rings. The topological polar surface area (TPSA) is 144 Å². The number of carbonyl (C=O) groups excluding carboxylic acids is 4. The molecule has 52 heavy (non-hydrogen) atoms. The summed E-state index contributed by atoms with van der Waals surface area (Å²) in [6, 6.07) is 0. The van der Waals surface area contributed by atoms with Crippen molar-refractivity contribution in [3.8, 4) is 0 Å². The maximum absolute atomic E-state index is 12.3. The monoisotopic (exact) mass is 730 g/mol. The smallest absolute Gasteiger partial charge is 0.303 e. The van der Waals surface area contributed by atoms with E-state index >= 15 is 0 Å². The molecule has 0 aromatic carbocycles. The van der Waals surface area contributed by atoms with Gasteiger partial charge in [0, 0.05) is 27.7 Å². The highest BCUT2D eigenvalue weighted by Crippen LogP contribution is 2.60. The molecule has 0 amide bonds. The summed E-state index contributed by atoms with van der Waals surface area (Å²) in [5.74, 6) is -0.934. The van der Waals surface area contributed by atoms with Crippen molar-refractivity contribution in [2.75, 3.05) is 6.61 Å². The van der Waals surface area contributed by atoms with Crippen molar-refractivity contribution in [1.82, 2.24) is 0 Å². The van der Waals surface area contributed by atoms with Crippen LogP contribution < -0.4 is 0 Å². The van der Waals surface area contributed by atoms with Crippen molar-refractivity contribution in [1.29, 1.82) is 0 Å². The number of aliphatic hydroxyl groups excluding tert-OH is 1. The molecular weight excluding hydrogens is 668 g/mol. The van der Waals surface area contributed by atoms with Gasteiger partial charge in [-0.3, -0.25) is 19.2 Å². The molecule has 4 aliphatic rings. The van der Waals surface area contributed by atoms with Gasteiger partial charge >= 0.3 is 23.9 Å². The van der Waals surface area contributed by atoms with Gasteiger partial charge in [0.05, 0.1) is 11.7 Å². The number of rotatable bonds is 13. The third-order valence-electron chi connectivity index (χ3n) is 11.7. The Morgan fingerprint density at radius 3 is 2.25 bits per heavy atom. The SMILES string of the molecule is C=C1CC[C@H](O)C/C1=C/C=C1\CCC[C@]2(C)[C@@H]([C@H](C)CCCC(C)(C)O[C@@H]3O[C@H](COC(C)=O)[C@@H](OC(C)=O)[C@H](OC(C)=O)[C@H]3OC(C)=O)CC[C@@H]12. The van der Waals surface area contributed by atoms with Crippen LogP contribution in [-0.2, 0) is 47.6 Å². The molecule has 0 radical (unpaired) electrons. The van der Waals surface area contributed by atoms with Crippen LogP contribution >= 0.6 is 0 Å². The zero-order valence-corrected chi connectivity index (χ0v) is 32.6. The number of hydrogen-bond acceptors (Lipinski definition) is 11. The molecule has 4 fully saturated rings. The van der Waals surface area contributed by atoms with Gasteiger partial charge in [-0.2, -0.15) is 0 Å². The van der Waals surface area contributed by atoms with Gasteiger partial charge in [-0.25, -0.2) is 0 Å². The third kappa shape index (κ3) is 10.8. The van der Waals surface area contributed by atoms with E-state index in [0.29, 0.717) is 30.6 Å². The van der Waals surface area contributed by atoms with Gasteiger partial charge in [-0.05, 0) is 100 Å². The van der Waals surface area contributed by atoms with Crippen LogP contribution in [0.3, 0.4) is 0 Å². The molecule has 292 valence electrons. The third-order valence-corrected chi connectivity index (χ3v) is 11.7. The van der Waals surface area contributed by atoms with E-state index in [1.165, 1.54) is 59.0 Å². The maximum Gasteiger partial charge on any atom is 0.303 e. The lowest BCUT2D eigenvalue weighted by atomic mass is 9.60. The van der Waals surface area contributed by atoms with E-state index in [4.69, 9.17) is 28.4 Å². The van der Waals surface area contributed by atoms with Crippen LogP contribution in [0.2, 0.25) is 0 Å². The molecule has 3 saturated carbocycles. The standard InChI is InChI=1S/C41H62O11/c1-24-14-17-32(46)22-31(24)16-15-30-13-11-21-41(9)33(18-19-34(30)41)25(2)12-10-20-40(7,8)52-39-38(50-29(6)45)37(49-28(5)44)36(48-27(4)43)35(51-39)23-47-26(3)42/h15-16,25,32-39,46H,1,10-14,17-23H2,2-9H3/b30-15+,31-16-/t25-,32+,33-,34+,35-,36-,37+,38-,39+,41-/m1/s1. The fourth-order valence-electron chi connectivity index (χ4n) is 9.32. The van der Waals surface area contributed by atoms with Crippen LogP contribution in [-0.4, -0.2) is 78.0 Å². The predicted molar refractivity (Wildman–Crippen MR) is 193 cm³/mol. The van der Waals surface area contributed by atoms with E-state index in [-0.39, 0.29) is 18.1 Å². The Morgan fingerprint density at radius 1 is 0.942 bits per heavy atom. The highest BCUT2D eigenvalue weighted by Gasteiger charge is 2.54. The predicted octanol–water partition coefficient (Wildman–Crippen LogP) is 6.84. The lowest BCUT2D eigenvalue weighted by Gasteiger charge is -2.46. The number of fused-ring (bicyclic) bond motifs is 1. The largest absolute Gasteiger partial charge is 0.463 e. The van der Waals surface area contributed by atoms with Crippen LogP contribution in [0, 0.1) is 23.2 Å². The Bertz CT molecular complexity index is 1380. The summed E-state index contributed by atoms with van der Waals surface area (Å²) in [5.41, 5.74) is 3.38. The minimum absolute atomic E-state index is 0.242. The molecule has 0 spiro atoms. The lowest BCUT2D eigenvalue weighted by molar-refractivity contribution is -0.328. The summed E-state index contributed by atoms with van der Waals surface area (Å²) in [5, 5.41) is 10.2. The summed E-state index contributed by atoms with van der Waals surface area (Å²) >= 11 is 0. The van der Waals surface area contributed by atoms with E-state index in [2.05, 4.69) is 32.6 Å². The van der Waals surface area contributed by atoms with Gasteiger partial charge in [0.25, 0.3) is 0 Å². The van der Waals surface area contributed by atoms with Crippen molar-refractivity contribution in [3.05, 3.63) is 35.5 Å². The molecule has 1 aliphatic heterocycles. The van der Waals surface area contributed by atoms with E-state index in [9.17, 15) is 24.3 Å². The first-order chi connectivity index (χ1) is 24.4. The highest BCUT2D eigenvalue weighted by molar-refractivity contribution is 5.68. The van der Waals surface area contributed by atoms with Gasteiger partial charge in [0.1, 0.15) is 12.7 Å². The first-order valence-corrected chi connectivity index (χ1v) is 19.1. The molecule has 3 aliphatic carbocycles. The Morgan fingerprint density at radius 2 is 1.60 bits per heavy atom. The summed E-state index contributed by atoms with van der Waals surface area (Å²) in [7, 11) is 0. The summed E-state index contributed by atoms with van der Waals surface area (Å²) in [6.45, 7) is 17.5. The second-order valence-electron chi connectivity index (χ2n) is 16.3. The van der Waals surface area contributed by atoms with Crippen molar-refractivity contribution in [3.63, 3.8) is 0 Å². The fourth-order valence-corrected chi connectivity index (χ4v) is 9.32. The second kappa shape index (κ2) is 17.9. The van der Waals surface area contributed by atoms with E-state index in [1.54, 1.807) is 5.57 Å². The van der Waals surface area contributed by atoms with Crippen molar-refractivity contribution in [2.24, 2.45) is 23.2 Å². The Balaban J connectivity index is 1.43. The zero-order chi connectivity index (χ0) is 38.4. The average molecular weight is 731 g/mol. The van der Waals surface area contributed by atoms with Crippen LogP contribution in [0.5, 0.6) is 0 Å². The number of carbonyl (C=O) groups is 4. The average Bonchev–Trinajstić information content (AvgIpc) is 3.40. The van der Waals surface area contributed by atoms with Gasteiger partial charge < -0.3 is 33.5 Å².